The Kier molecular flexibility index (Phi) is 2.13. The molecule has 74 valence electrons. The van der Waals surface area contributed by atoms with E-state index in [9.17, 15) is 9.90 Å². The summed E-state index contributed by atoms with van der Waals surface area (Å²) in [6.07, 6.45) is -1.16. The zero-order valence-electron chi connectivity index (χ0n) is 7.80. The number of hydrogen-bond acceptors (Lipinski definition) is 4. The van der Waals surface area contributed by atoms with Crippen LogP contribution in [-0.2, 0) is 4.74 Å². The van der Waals surface area contributed by atoms with Crippen LogP contribution in [0.5, 0.6) is 0 Å². The maximum atomic E-state index is 11.3. The van der Waals surface area contributed by atoms with Crippen LogP contribution in [-0.4, -0.2) is 24.0 Å². The molecule has 2 rings (SSSR count). The van der Waals surface area contributed by atoms with Crippen molar-refractivity contribution in [3.8, 4) is 0 Å². The molecule has 0 saturated carbocycles. The van der Waals surface area contributed by atoms with Crippen LogP contribution in [0.15, 0.2) is 24.3 Å². The average molecular weight is 193 g/mol. The molecule has 1 heterocycles. The van der Waals surface area contributed by atoms with Gasteiger partial charge in [0, 0.05) is 6.54 Å². The lowest BCUT2D eigenvalue weighted by Gasteiger charge is -2.33. The number of para-hydroxylation sites is 1. The van der Waals surface area contributed by atoms with Crippen molar-refractivity contribution in [3.05, 3.63) is 29.8 Å². The number of rotatable bonds is 1. The zero-order chi connectivity index (χ0) is 10.1. The van der Waals surface area contributed by atoms with Gasteiger partial charge in [0.15, 0.2) is 0 Å². The van der Waals surface area contributed by atoms with Crippen molar-refractivity contribution in [1.29, 1.82) is 0 Å². The number of fused-ring (bicyclic) bond motifs is 1. The molecule has 0 fully saturated rings. The average Bonchev–Trinajstić information content (AvgIpc) is 2.18. The Labute approximate surface area is 81.7 Å². The summed E-state index contributed by atoms with van der Waals surface area (Å²) >= 11 is 0. The molecule has 4 heteroatoms. The highest BCUT2D eigenvalue weighted by Crippen LogP contribution is 2.27. The Morgan fingerprint density at radius 2 is 2.21 bits per heavy atom. The largest absolute Gasteiger partial charge is 0.413 e. The lowest BCUT2D eigenvalue weighted by Crippen LogP contribution is -2.43. The van der Waals surface area contributed by atoms with Crippen LogP contribution in [0.25, 0.3) is 0 Å². The second-order valence-electron chi connectivity index (χ2n) is 3.03. The summed E-state index contributed by atoms with van der Waals surface area (Å²) < 4.78 is 4.76. The maximum Gasteiger partial charge on any atom is 0.343 e. The number of aliphatic hydroxyl groups is 1. The van der Waals surface area contributed by atoms with Gasteiger partial charge in [-0.1, -0.05) is 12.1 Å². The van der Waals surface area contributed by atoms with E-state index in [1.54, 1.807) is 23.1 Å². The van der Waals surface area contributed by atoms with E-state index in [1.165, 1.54) is 0 Å². The second-order valence-corrected chi connectivity index (χ2v) is 3.03. The molecule has 0 radical (unpaired) electrons. The number of aliphatic hydroxyl groups excluding tert-OH is 1. The molecule has 0 bridgehead atoms. The van der Waals surface area contributed by atoms with Crippen LogP contribution < -0.4 is 4.90 Å². The number of hydrogen-bond donors (Lipinski definition) is 1. The van der Waals surface area contributed by atoms with Crippen molar-refractivity contribution in [2.45, 2.75) is 13.3 Å². The number of anilines is 1. The molecule has 14 heavy (non-hydrogen) atoms. The number of esters is 1. The summed E-state index contributed by atoms with van der Waals surface area (Å²) in [7, 11) is 0. The quantitative estimate of drug-likeness (QED) is 0.675. The number of nitrogens with zero attached hydrogens (tertiary/aromatic N) is 1. The van der Waals surface area contributed by atoms with Gasteiger partial charge in [-0.05, 0) is 19.1 Å². The molecule has 1 aliphatic heterocycles. The van der Waals surface area contributed by atoms with Crippen LogP contribution in [0.4, 0.5) is 5.69 Å². The van der Waals surface area contributed by atoms with E-state index in [2.05, 4.69) is 0 Å². The number of carbonyl (C=O) groups is 1. The van der Waals surface area contributed by atoms with Crippen LogP contribution in [0.3, 0.4) is 0 Å². The van der Waals surface area contributed by atoms with Gasteiger partial charge in [-0.25, -0.2) is 4.79 Å². The van der Waals surface area contributed by atoms with Gasteiger partial charge in [0.1, 0.15) is 0 Å². The van der Waals surface area contributed by atoms with Gasteiger partial charge in [-0.3, -0.25) is 0 Å². The molecule has 1 N–H and O–H groups in total. The summed E-state index contributed by atoms with van der Waals surface area (Å²) in [5.74, 6) is -0.474. The third-order valence-electron chi connectivity index (χ3n) is 2.25. The predicted molar refractivity (Wildman–Crippen MR) is 50.9 cm³/mol. The van der Waals surface area contributed by atoms with E-state index < -0.39 is 12.4 Å². The minimum atomic E-state index is -1.16. The summed E-state index contributed by atoms with van der Waals surface area (Å²) in [5.41, 5.74) is 1.22. The molecule has 1 aromatic rings. The van der Waals surface area contributed by atoms with Crippen molar-refractivity contribution in [2.24, 2.45) is 0 Å². The van der Waals surface area contributed by atoms with Crippen molar-refractivity contribution < 1.29 is 14.6 Å². The molecule has 1 aromatic carbocycles. The SMILES string of the molecule is CCN1c2ccccc2C(=O)OC1O. The third kappa shape index (κ3) is 1.24. The van der Waals surface area contributed by atoms with Crippen molar-refractivity contribution in [2.75, 3.05) is 11.4 Å². The van der Waals surface area contributed by atoms with Crippen molar-refractivity contribution in [1.82, 2.24) is 0 Å². The fourth-order valence-corrected chi connectivity index (χ4v) is 1.57. The highest BCUT2D eigenvalue weighted by Gasteiger charge is 2.29. The Hall–Kier alpha value is -1.55. The van der Waals surface area contributed by atoms with E-state index in [4.69, 9.17) is 4.74 Å². The van der Waals surface area contributed by atoms with Crippen LogP contribution >= 0.6 is 0 Å². The van der Waals surface area contributed by atoms with Crippen LogP contribution in [0.2, 0.25) is 0 Å². The van der Waals surface area contributed by atoms with Gasteiger partial charge >= 0.3 is 5.97 Å². The molecule has 1 aliphatic rings. The van der Waals surface area contributed by atoms with E-state index in [-0.39, 0.29) is 0 Å². The van der Waals surface area contributed by atoms with Gasteiger partial charge < -0.3 is 14.7 Å². The van der Waals surface area contributed by atoms with Crippen LogP contribution in [0.1, 0.15) is 17.3 Å². The lowest BCUT2D eigenvalue weighted by molar-refractivity contribution is -0.0691. The minimum absolute atomic E-state index is 0.474. The fourth-order valence-electron chi connectivity index (χ4n) is 1.57. The highest BCUT2D eigenvalue weighted by atomic mass is 16.7. The van der Waals surface area contributed by atoms with Gasteiger partial charge in [-0.15, -0.1) is 0 Å². The highest BCUT2D eigenvalue weighted by molar-refractivity contribution is 5.97. The Morgan fingerprint density at radius 1 is 1.50 bits per heavy atom. The molecule has 1 atom stereocenters. The molecule has 0 aromatic heterocycles. The topological polar surface area (TPSA) is 49.8 Å². The summed E-state index contributed by atoms with van der Waals surface area (Å²) in [5, 5.41) is 9.47. The fraction of sp³-hybridized carbons (Fsp3) is 0.300. The normalized spacial score (nSPS) is 20.3. The smallest absolute Gasteiger partial charge is 0.343 e. The number of carbonyl (C=O) groups excluding carboxylic acids is 1. The van der Waals surface area contributed by atoms with E-state index >= 15 is 0 Å². The molecule has 0 spiro atoms. The molecule has 1 unspecified atom stereocenters. The van der Waals surface area contributed by atoms with Crippen molar-refractivity contribution >= 4 is 11.7 Å². The zero-order valence-corrected chi connectivity index (χ0v) is 7.80. The first-order valence-electron chi connectivity index (χ1n) is 4.48. The monoisotopic (exact) mass is 193 g/mol. The minimum Gasteiger partial charge on any atom is -0.413 e. The van der Waals surface area contributed by atoms with Gasteiger partial charge in [0.2, 0.25) is 0 Å². The first kappa shape index (κ1) is 9.02. The lowest BCUT2D eigenvalue weighted by atomic mass is 10.1. The molecule has 0 saturated heterocycles. The standard InChI is InChI=1S/C10H11NO3/c1-2-11-8-6-4-3-5-7(8)9(12)14-10(11)13/h3-6,10,13H,2H2,1H3. The van der Waals surface area contributed by atoms with Crippen molar-refractivity contribution in [3.63, 3.8) is 0 Å². The number of cyclic esters (lactones) is 1. The molecule has 0 amide bonds. The van der Waals surface area contributed by atoms with E-state index in [1.807, 2.05) is 13.0 Å². The van der Waals surface area contributed by atoms with E-state index in [0.29, 0.717) is 12.1 Å². The summed E-state index contributed by atoms with van der Waals surface area (Å²) in [4.78, 5) is 13.0. The van der Waals surface area contributed by atoms with Gasteiger partial charge in [0.05, 0.1) is 11.3 Å². The second kappa shape index (κ2) is 3.31. The Bertz CT molecular complexity index is 364. The number of ether oxygens (including phenoxy) is 1. The number of benzene rings is 1. The molecular formula is C10H11NO3. The maximum absolute atomic E-state index is 11.3. The molecule has 0 aliphatic carbocycles. The van der Waals surface area contributed by atoms with Gasteiger partial charge in [0.25, 0.3) is 6.41 Å². The summed E-state index contributed by atoms with van der Waals surface area (Å²) in [6.45, 7) is 2.48. The van der Waals surface area contributed by atoms with Crippen LogP contribution in [0, 0.1) is 0 Å². The third-order valence-corrected chi connectivity index (χ3v) is 2.25. The molecule has 4 nitrogen and oxygen atoms in total. The first-order valence-corrected chi connectivity index (χ1v) is 4.48. The Balaban J connectivity index is 2.50. The molecular weight excluding hydrogens is 182 g/mol. The summed E-state index contributed by atoms with van der Waals surface area (Å²) in [6, 6.07) is 7.08. The Morgan fingerprint density at radius 3 is 2.93 bits per heavy atom. The van der Waals surface area contributed by atoms with Gasteiger partial charge in [-0.2, -0.15) is 0 Å². The van der Waals surface area contributed by atoms with E-state index in [0.717, 1.165) is 5.69 Å². The predicted octanol–water partition coefficient (Wildman–Crippen LogP) is 0.959. The first-order chi connectivity index (χ1) is 6.74.